The predicted octanol–water partition coefficient (Wildman–Crippen LogP) is 2.94. The third kappa shape index (κ3) is 4.18. The second kappa shape index (κ2) is 10.1. The lowest BCUT2D eigenvalue weighted by molar-refractivity contribution is -0.154. The number of likely N-dealkylation sites (tertiary alicyclic amines) is 1. The Labute approximate surface area is 216 Å². The van der Waals surface area contributed by atoms with E-state index in [4.69, 9.17) is 4.74 Å². The van der Waals surface area contributed by atoms with Gasteiger partial charge in [0.05, 0.1) is 23.2 Å². The zero-order valence-corrected chi connectivity index (χ0v) is 21.5. The van der Waals surface area contributed by atoms with Gasteiger partial charge in [0.1, 0.15) is 6.04 Å². The van der Waals surface area contributed by atoms with Gasteiger partial charge in [0.15, 0.2) is 0 Å². The molecule has 1 unspecified atom stereocenters. The van der Waals surface area contributed by atoms with E-state index in [2.05, 4.69) is 6.08 Å². The van der Waals surface area contributed by atoms with E-state index in [1.54, 1.807) is 16.7 Å². The Morgan fingerprint density at radius 2 is 1.83 bits per heavy atom. The Morgan fingerprint density at radius 1 is 1.03 bits per heavy atom. The van der Waals surface area contributed by atoms with Gasteiger partial charge >= 0.3 is 5.97 Å². The Kier molecular flexibility index (Phi) is 7.01. The summed E-state index contributed by atoms with van der Waals surface area (Å²) < 4.78 is 4.10. The largest absolute Gasteiger partial charge is 0.465 e. The number of fused-ring (bicyclic) bond motifs is 2. The molecule has 4 aliphatic heterocycles. The number of carbonyl (C=O) groups excluding carboxylic acids is 3. The van der Waals surface area contributed by atoms with Crippen LogP contribution in [0, 0.1) is 11.8 Å². The minimum Gasteiger partial charge on any atom is -0.465 e. The molecule has 2 amide bonds. The molecule has 7 nitrogen and oxygen atoms in total. The number of hydrogen-bond acceptors (Lipinski definition) is 6. The van der Waals surface area contributed by atoms with Crippen molar-refractivity contribution in [3.63, 3.8) is 0 Å². The number of aliphatic hydroxyl groups is 1. The fraction of sp³-hybridized carbons (Fsp3) is 0.536. The molecule has 4 heterocycles. The number of cyclic esters (lactones) is 1. The summed E-state index contributed by atoms with van der Waals surface area (Å²) >= 11 is 1.58. The molecule has 1 aromatic rings. The lowest BCUT2D eigenvalue weighted by Crippen LogP contribution is -2.53. The highest BCUT2D eigenvalue weighted by Crippen LogP contribution is 2.65. The summed E-state index contributed by atoms with van der Waals surface area (Å²) in [5.74, 6) is -1.89. The van der Waals surface area contributed by atoms with Crippen molar-refractivity contribution in [2.45, 2.75) is 54.7 Å². The van der Waals surface area contributed by atoms with Crippen molar-refractivity contribution in [1.29, 1.82) is 0 Å². The first-order chi connectivity index (χ1) is 17.4. The van der Waals surface area contributed by atoms with Gasteiger partial charge in [-0.2, -0.15) is 0 Å². The number of hydrogen-bond donors (Lipinski definition) is 1. The van der Waals surface area contributed by atoms with Gasteiger partial charge in [-0.15, -0.1) is 11.8 Å². The van der Waals surface area contributed by atoms with Gasteiger partial charge in [0.25, 0.3) is 0 Å². The summed E-state index contributed by atoms with van der Waals surface area (Å²) in [6, 6.07) is 9.18. The van der Waals surface area contributed by atoms with Gasteiger partial charge in [0, 0.05) is 31.0 Å². The molecule has 5 atom stereocenters. The molecule has 36 heavy (non-hydrogen) atoms. The van der Waals surface area contributed by atoms with Crippen LogP contribution in [0.1, 0.15) is 38.2 Å². The molecule has 4 aliphatic rings. The monoisotopic (exact) mass is 510 g/mol. The smallest absolute Gasteiger partial charge is 0.311 e. The van der Waals surface area contributed by atoms with E-state index in [1.165, 1.54) is 0 Å². The van der Waals surface area contributed by atoms with Gasteiger partial charge < -0.3 is 19.6 Å². The zero-order valence-electron chi connectivity index (χ0n) is 20.7. The maximum absolute atomic E-state index is 14.2. The van der Waals surface area contributed by atoms with Gasteiger partial charge in [-0.25, -0.2) is 0 Å². The highest BCUT2D eigenvalue weighted by atomic mass is 32.2. The van der Waals surface area contributed by atoms with E-state index in [-0.39, 0.29) is 24.4 Å². The number of unbranched alkanes of at least 4 members (excludes halogenated alkanes) is 2. The highest BCUT2D eigenvalue weighted by molar-refractivity contribution is 8.02. The van der Waals surface area contributed by atoms with Crippen molar-refractivity contribution in [2.75, 3.05) is 26.3 Å². The summed E-state index contributed by atoms with van der Waals surface area (Å²) in [7, 11) is 0. The number of nitrogens with zero attached hydrogens (tertiary/aromatic N) is 2. The maximum atomic E-state index is 14.2. The summed E-state index contributed by atoms with van der Waals surface area (Å²) in [5.41, 5.74) is 1.03. The van der Waals surface area contributed by atoms with Gasteiger partial charge in [-0.3, -0.25) is 14.4 Å². The third-order valence-electron chi connectivity index (χ3n) is 7.88. The van der Waals surface area contributed by atoms with Crippen LogP contribution in [0.4, 0.5) is 0 Å². The van der Waals surface area contributed by atoms with Crippen molar-refractivity contribution in [3.05, 3.63) is 60.2 Å². The van der Waals surface area contributed by atoms with Crippen LogP contribution >= 0.6 is 11.8 Å². The van der Waals surface area contributed by atoms with Crippen LogP contribution in [0.15, 0.2) is 54.6 Å². The summed E-state index contributed by atoms with van der Waals surface area (Å²) in [5, 5.41) is 9.21. The first-order valence-corrected chi connectivity index (χ1v) is 13.7. The van der Waals surface area contributed by atoms with Crippen LogP contribution in [-0.2, 0) is 25.7 Å². The fourth-order valence-electron chi connectivity index (χ4n) is 6.29. The van der Waals surface area contributed by atoms with E-state index in [9.17, 15) is 19.5 Å². The molecule has 1 aromatic carbocycles. The van der Waals surface area contributed by atoms with Gasteiger partial charge in [-0.05, 0) is 38.2 Å². The molecule has 0 saturated carbocycles. The second-order valence-corrected chi connectivity index (χ2v) is 12.1. The van der Waals surface area contributed by atoms with Crippen molar-refractivity contribution >= 4 is 29.5 Å². The molecule has 1 N–H and O–H groups in total. The van der Waals surface area contributed by atoms with E-state index in [0.717, 1.165) is 12.0 Å². The quantitative estimate of drug-likeness (QED) is 0.345. The van der Waals surface area contributed by atoms with Crippen LogP contribution in [0.2, 0.25) is 0 Å². The molecular formula is C28H34N2O5S. The maximum Gasteiger partial charge on any atom is 0.311 e. The molecule has 8 heteroatoms. The normalized spacial score (nSPS) is 33.5. The number of ether oxygens (including phenoxy) is 1. The van der Waals surface area contributed by atoms with E-state index < -0.39 is 27.4 Å². The summed E-state index contributed by atoms with van der Waals surface area (Å²) in [6.45, 7) is 3.74. The Hall–Kier alpha value is -2.58. The Bertz CT molecular complexity index is 1070. The van der Waals surface area contributed by atoms with Crippen molar-refractivity contribution in [1.82, 2.24) is 9.80 Å². The topological polar surface area (TPSA) is 87.1 Å². The van der Waals surface area contributed by atoms with Gasteiger partial charge in [-0.1, -0.05) is 54.6 Å². The number of rotatable bonds is 7. The molecule has 0 radical (unpaired) electrons. The lowest BCUT2D eigenvalue weighted by atomic mass is 9.74. The molecule has 192 valence electrons. The third-order valence-corrected chi connectivity index (χ3v) is 9.67. The molecular weight excluding hydrogens is 476 g/mol. The van der Waals surface area contributed by atoms with Gasteiger partial charge in [0.2, 0.25) is 11.8 Å². The van der Waals surface area contributed by atoms with Crippen LogP contribution in [0.3, 0.4) is 0 Å². The zero-order chi connectivity index (χ0) is 25.3. The highest BCUT2D eigenvalue weighted by Gasteiger charge is 2.73. The summed E-state index contributed by atoms with van der Waals surface area (Å²) in [6.07, 6.45) is 10.9. The molecule has 0 aliphatic carbocycles. The molecule has 1 spiro atoms. The van der Waals surface area contributed by atoms with Crippen LogP contribution in [-0.4, -0.2) is 74.5 Å². The predicted molar refractivity (Wildman–Crippen MR) is 138 cm³/mol. The minimum absolute atomic E-state index is 0.0791. The van der Waals surface area contributed by atoms with E-state index >= 15 is 0 Å². The first-order valence-electron chi connectivity index (χ1n) is 12.9. The van der Waals surface area contributed by atoms with Crippen LogP contribution < -0.4 is 0 Å². The van der Waals surface area contributed by atoms with Crippen molar-refractivity contribution in [2.24, 2.45) is 11.8 Å². The standard InChI is InChI=1S/C28H34N2O5S/c1-27-13-6-9-18-35-26(34)22(27)21-24(32)30(16-7-3-8-17-31)23-25(33)29(15-10-14-28(21,23)36-27)19-20-11-4-2-5-12-20/h2,4-6,10-14,21-23,31H,3,7-9,15-19H2,1H3/t21-,22+,23?,27-,28-/m0/s1. The number of amides is 2. The van der Waals surface area contributed by atoms with Crippen molar-refractivity contribution in [3.8, 4) is 0 Å². The lowest BCUT2D eigenvalue weighted by Gasteiger charge is -2.37. The molecule has 0 aromatic heterocycles. The summed E-state index contributed by atoms with van der Waals surface area (Å²) in [4.78, 5) is 45.2. The van der Waals surface area contributed by atoms with E-state index in [1.807, 2.05) is 60.4 Å². The average molecular weight is 511 g/mol. The molecule has 2 saturated heterocycles. The van der Waals surface area contributed by atoms with Crippen LogP contribution in [0.5, 0.6) is 0 Å². The number of aliphatic hydroxyl groups excluding tert-OH is 1. The molecule has 0 bridgehead atoms. The number of carbonyl (C=O) groups is 3. The SMILES string of the molecule is C[C@]12C=CCCOC(=O)[C@H]1[C@H]1C(=O)N(CCCCCO)C3C(=O)N(Cc4ccccc4)CC=C[C@@]31S2. The minimum atomic E-state index is -0.844. The van der Waals surface area contributed by atoms with E-state index in [0.29, 0.717) is 45.5 Å². The molecule has 5 rings (SSSR count). The van der Waals surface area contributed by atoms with Crippen molar-refractivity contribution < 1.29 is 24.2 Å². The number of benzene rings is 1. The number of thioether (sulfide) groups is 1. The average Bonchev–Trinajstić information content (AvgIpc) is 3.18. The Morgan fingerprint density at radius 3 is 2.61 bits per heavy atom. The number of esters is 1. The molecule has 2 fully saturated rings. The fourth-order valence-corrected chi connectivity index (χ4v) is 8.44. The second-order valence-electron chi connectivity index (χ2n) is 10.3. The Balaban J connectivity index is 1.55. The first kappa shape index (κ1) is 25.1. The van der Waals surface area contributed by atoms with Crippen LogP contribution in [0.25, 0.3) is 0 Å².